The molecule has 1 unspecified atom stereocenters. The summed E-state index contributed by atoms with van der Waals surface area (Å²) >= 11 is 0. The fourth-order valence-corrected chi connectivity index (χ4v) is 2.49. The van der Waals surface area contributed by atoms with Crippen LogP contribution in [0.2, 0.25) is 0 Å². The number of hydrogen-bond donors (Lipinski definition) is 1. The van der Waals surface area contributed by atoms with Crippen molar-refractivity contribution in [2.75, 3.05) is 20.7 Å². The van der Waals surface area contributed by atoms with E-state index in [0.717, 1.165) is 0 Å². The number of hydrogen-bond acceptors (Lipinski definition) is 4. The number of likely N-dealkylation sites (N-methyl/N-ethyl adjacent to an activating group) is 1. The Labute approximate surface area is 105 Å². The summed E-state index contributed by atoms with van der Waals surface area (Å²) in [6.45, 7) is 6.71. The molecule has 0 aromatic carbocycles. The van der Waals surface area contributed by atoms with Gasteiger partial charge in [0.05, 0.1) is 7.11 Å². The van der Waals surface area contributed by atoms with E-state index in [0.29, 0.717) is 12.6 Å². The monoisotopic (exact) mass is 242 g/mol. The van der Waals surface area contributed by atoms with E-state index in [1.165, 1.54) is 26.4 Å². The van der Waals surface area contributed by atoms with Crippen LogP contribution < -0.4 is 5.32 Å². The van der Waals surface area contributed by atoms with Gasteiger partial charge in [-0.1, -0.05) is 6.42 Å². The second-order valence-electron chi connectivity index (χ2n) is 5.62. The van der Waals surface area contributed by atoms with Crippen molar-refractivity contribution in [1.82, 2.24) is 10.2 Å². The Kier molecular flexibility index (Phi) is 4.95. The predicted octanol–water partition coefficient (Wildman–Crippen LogP) is 1.40. The van der Waals surface area contributed by atoms with Crippen molar-refractivity contribution in [2.24, 2.45) is 0 Å². The summed E-state index contributed by atoms with van der Waals surface area (Å²) in [4.78, 5) is 14.2. The zero-order chi connectivity index (χ0) is 13.1. The van der Waals surface area contributed by atoms with Crippen LogP contribution in [0.15, 0.2) is 0 Å². The van der Waals surface area contributed by atoms with Crippen LogP contribution in [0.1, 0.15) is 40.0 Å². The van der Waals surface area contributed by atoms with Gasteiger partial charge in [-0.25, -0.2) is 0 Å². The number of rotatable bonds is 6. The Morgan fingerprint density at radius 1 is 1.53 bits per heavy atom. The normalized spacial score (nSPS) is 20.2. The molecule has 4 heteroatoms. The number of nitrogens with one attached hydrogen (secondary N) is 1. The molecule has 100 valence electrons. The number of nitrogens with zero attached hydrogens (tertiary/aromatic N) is 1. The summed E-state index contributed by atoms with van der Waals surface area (Å²) in [5.41, 5.74) is -0.618. The first-order chi connectivity index (χ1) is 7.89. The highest BCUT2D eigenvalue weighted by atomic mass is 16.5. The Hall–Kier alpha value is -0.610. The zero-order valence-corrected chi connectivity index (χ0v) is 11.7. The molecule has 0 radical (unpaired) electrons. The van der Waals surface area contributed by atoms with Crippen molar-refractivity contribution in [2.45, 2.75) is 57.7 Å². The van der Waals surface area contributed by atoms with Crippen LogP contribution in [0.3, 0.4) is 0 Å². The van der Waals surface area contributed by atoms with Crippen LogP contribution in [0.5, 0.6) is 0 Å². The molecule has 0 aromatic heterocycles. The van der Waals surface area contributed by atoms with Crippen molar-refractivity contribution >= 4 is 5.97 Å². The first-order valence-electron chi connectivity index (χ1n) is 6.45. The molecule has 0 amide bonds. The van der Waals surface area contributed by atoms with Gasteiger partial charge in [0.2, 0.25) is 0 Å². The quantitative estimate of drug-likeness (QED) is 0.715. The van der Waals surface area contributed by atoms with E-state index in [9.17, 15) is 4.79 Å². The summed E-state index contributed by atoms with van der Waals surface area (Å²) in [6, 6.07) is 0.891. The summed E-state index contributed by atoms with van der Waals surface area (Å²) in [6.07, 6.45) is 3.80. The SMILES string of the molecule is COC(=O)C(C)(CN(C)C1CCC1)NC(C)C. The molecule has 1 rings (SSSR count). The van der Waals surface area contributed by atoms with Crippen molar-refractivity contribution in [3.05, 3.63) is 0 Å². The minimum absolute atomic E-state index is 0.183. The lowest BCUT2D eigenvalue weighted by molar-refractivity contribution is -0.149. The molecule has 0 spiro atoms. The van der Waals surface area contributed by atoms with E-state index in [2.05, 4.69) is 17.3 Å². The number of carbonyl (C=O) groups is 1. The van der Waals surface area contributed by atoms with Gasteiger partial charge in [-0.15, -0.1) is 0 Å². The third-order valence-electron chi connectivity index (χ3n) is 3.51. The molecule has 0 bridgehead atoms. The van der Waals surface area contributed by atoms with Crippen molar-refractivity contribution in [3.8, 4) is 0 Å². The van der Waals surface area contributed by atoms with Crippen LogP contribution >= 0.6 is 0 Å². The highest BCUT2D eigenvalue weighted by Gasteiger charge is 2.38. The largest absolute Gasteiger partial charge is 0.468 e. The maximum Gasteiger partial charge on any atom is 0.327 e. The van der Waals surface area contributed by atoms with E-state index in [4.69, 9.17) is 4.74 Å². The summed E-state index contributed by atoms with van der Waals surface area (Å²) < 4.78 is 4.92. The lowest BCUT2D eigenvalue weighted by atomic mass is 9.90. The lowest BCUT2D eigenvalue weighted by Crippen LogP contribution is -2.60. The summed E-state index contributed by atoms with van der Waals surface area (Å²) in [5, 5.41) is 3.32. The van der Waals surface area contributed by atoms with E-state index in [1.54, 1.807) is 0 Å². The van der Waals surface area contributed by atoms with Gasteiger partial charge in [-0.05, 0) is 40.7 Å². The molecule has 0 saturated heterocycles. The van der Waals surface area contributed by atoms with Gasteiger partial charge in [0.1, 0.15) is 5.54 Å². The van der Waals surface area contributed by atoms with Gasteiger partial charge >= 0.3 is 5.97 Å². The van der Waals surface area contributed by atoms with Crippen LogP contribution in [0.4, 0.5) is 0 Å². The standard InChI is InChI=1S/C13H26N2O2/c1-10(2)14-13(3,12(16)17-5)9-15(4)11-7-6-8-11/h10-11,14H,6-9H2,1-5H3. The highest BCUT2D eigenvalue weighted by Crippen LogP contribution is 2.25. The van der Waals surface area contributed by atoms with Gasteiger partial charge < -0.3 is 9.64 Å². The molecule has 1 N–H and O–H groups in total. The molecule has 17 heavy (non-hydrogen) atoms. The second-order valence-corrected chi connectivity index (χ2v) is 5.62. The molecular formula is C13H26N2O2. The molecule has 0 heterocycles. The molecular weight excluding hydrogens is 216 g/mol. The van der Waals surface area contributed by atoms with Crippen LogP contribution in [-0.4, -0.2) is 49.2 Å². The number of carbonyl (C=O) groups excluding carboxylic acids is 1. The van der Waals surface area contributed by atoms with Crippen molar-refractivity contribution < 1.29 is 9.53 Å². The van der Waals surface area contributed by atoms with Gasteiger partial charge in [0.15, 0.2) is 0 Å². The molecule has 1 saturated carbocycles. The first-order valence-corrected chi connectivity index (χ1v) is 6.45. The second kappa shape index (κ2) is 5.83. The van der Waals surface area contributed by atoms with Crippen molar-refractivity contribution in [3.63, 3.8) is 0 Å². The van der Waals surface area contributed by atoms with E-state index in [1.807, 2.05) is 20.8 Å². The maximum absolute atomic E-state index is 11.9. The number of esters is 1. The van der Waals surface area contributed by atoms with E-state index < -0.39 is 5.54 Å². The highest BCUT2D eigenvalue weighted by molar-refractivity contribution is 5.80. The minimum atomic E-state index is -0.618. The molecule has 1 atom stereocenters. The summed E-state index contributed by atoms with van der Waals surface area (Å²) in [7, 11) is 3.54. The Balaban J connectivity index is 2.64. The smallest absolute Gasteiger partial charge is 0.327 e. The van der Waals surface area contributed by atoms with Crippen molar-refractivity contribution in [1.29, 1.82) is 0 Å². The fraction of sp³-hybridized carbons (Fsp3) is 0.923. The fourth-order valence-electron chi connectivity index (χ4n) is 2.49. The molecule has 0 aliphatic heterocycles. The topological polar surface area (TPSA) is 41.6 Å². The van der Waals surface area contributed by atoms with Gasteiger partial charge in [-0.3, -0.25) is 10.1 Å². The maximum atomic E-state index is 11.9. The van der Waals surface area contributed by atoms with Gasteiger partial charge in [0.25, 0.3) is 0 Å². The zero-order valence-electron chi connectivity index (χ0n) is 11.7. The van der Waals surface area contributed by atoms with E-state index >= 15 is 0 Å². The molecule has 4 nitrogen and oxygen atoms in total. The molecule has 0 aromatic rings. The predicted molar refractivity (Wildman–Crippen MR) is 69.0 cm³/mol. The Bertz CT molecular complexity index is 264. The van der Waals surface area contributed by atoms with Gasteiger partial charge in [-0.2, -0.15) is 0 Å². The molecule has 1 aliphatic rings. The van der Waals surface area contributed by atoms with E-state index in [-0.39, 0.29) is 12.0 Å². The Morgan fingerprint density at radius 3 is 2.47 bits per heavy atom. The third-order valence-corrected chi connectivity index (χ3v) is 3.51. The van der Waals surface area contributed by atoms with Crippen LogP contribution in [-0.2, 0) is 9.53 Å². The lowest BCUT2D eigenvalue weighted by Gasteiger charge is -2.40. The number of methoxy groups -OCH3 is 1. The first kappa shape index (κ1) is 14.5. The average molecular weight is 242 g/mol. The molecule has 1 aliphatic carbocycles. The van der Waals surface area contributed by atoms with Crippen LogP contribution in [0, 0.1) is 0 Å². The number of ether oxygens (including phenoxy) is 1. The molecule has 1 fully saturated rings. The van der Waals surface area contributed by atoms with Gasteiger partial charge in [0, 0.05) is 18.6 Å². The summed E-state index contributed by atoms with van der Waals surface area (Å²) in [5.74, 6) is -0.183. The third kappa shape index (κ3) is 3.68. The minimum Gasteiger partial charge on any atom is -0.468 e. The van der Waals surface area contributed by atoms with Crippen LogP contribution in [0.25, 0.3) is 0 Å². The Morgan fingerprint density at radius 2 is 2.12 bits per heavy atom. The average Bonchev–Trinajstić information content (AvgIpc) is 2.11.